The van der Waals surface area contributed by atoms with E-state index in [4.69, 9.17) is 10.8 Å². The molecule has 0 aromatic rings. The normalized spacial score (nSPS) is 24.6. The highest BCUT2D eigenvalue weighted by Crippen LogP contribution is 2.36. The summed E-state index contributed by atoms with van der Waals surface area (Å²) in [7, 11) is 0. The van der Waals surface area contributed by atoms with E-state index in [0.717, 1.165) is 5.92 Å². The zero-order chi connectivity index (χ0) is 11.5. The lowest BCUT2D eigenvalue weighted by Crippen LogP contribution is -2.54. The first-order chi connectivity index (χ1) is 7.00. The summed E-state index contributed by atoms with van der Waals surface area (Å²) < 4.78 is 0. The Morgan fingerprint density at radius 2 is 2.07 bits per heavy atom. The summed E-state index contributed by atoms with van der Waals surface area (Å²) in [5, 5.41) is 12.7. The summed E-state index contributed by atoms with van der Waals surface area (Å²) in [5.41, 5.74) is 5.89. The molecule has 90 valence electrons. The highest BCUT2D eigenvalue weighted by Gasteiger charge is 2.33. The molecule has 1 fully saturated rings. The maximum absolute atomic E-state index is 9.10. The van der Waals surface area contributed by atoms with Crippen LogP contribution in [0.3, 0.4) is 0 Å². The molecule has 1 rings (SSSR count). The van der Waals surface area contributed by atoms with Crippen LogP contribution in [0.2, 0.25) is 0 Å². The largest absolute Gasteiger partial charge is 0.396 e. The number of rotatable bonds is 7. The summed E-state index contributed by atoms with van der Waals surface area (Å²) in [6.07, 6.45) is 3.90. The van der Waals surface area contributed by atoms with Gasteiger partial charge < -0.3 is 16.2 Å². The SMILES string of the molecule is CC(CO)C(C)NC(C)(CN)CC1CC1. The van der Waals surface area contributed by atoms with Gasteiger partial charge in [0.25, 0.3) is 0 Å². The number of nitrogens with one attached hydrogen (secondary N) is 1. The minimum absolute atomic E-state index is 0.0456. The lowest BCUT2D eigenvalue weighted by molar-refractivity contribution is 0.179. The highest BCUT2D eigenvalue weighted by atomic mass is 16.3. The molecule has 0 aliphatic heterocycles. The molecule has 0 bridgehead atoms. The van der Waals surface area contributed by atoms with Gasteiger partial charge in [0.15, 0.2) is 0 Å². The van der Waals surface area contributed by atoms with E-state index in [1.807, 2.05) is 0 Å². The van der Waals surface area contributed by atoms with Crippen molar-refractivity contribution in [3.8, 4) is 0 Å². The Bertz CT molecular complexity index is 194. The van der Waals surface area contributed by atoms with Gasteiger partial charge in [0.05, 0.1) is 0 Å². The standard InChI is InChI=1S/C12H26N2O/c1-9(7-15)10(2)14-12(3,8-13)6-11-4-5-11/h9-11,14-15H,4-8,13H2,1-3H3. The van der Waals surface area contributed by atoms with E-state index in [1.54, 1.807) is 0 Å². The summed E-state index contributed by atoms with van der Waals surface area (Å²) in [6.45, 7) is 7.30. The second kappa shape index (κ2) is 5.28. The minimum atomic E-state index is 0.0456. The van der Waals surface area contributed by atoms with Crippen molar-refractivity contribution in [2.45, 2.75) is 51.6 Å². The molecule has 0 amide bonds. The first-order valence-corrected chi connectivity index (χ1v) is 6.09. The lowest BCUT2D eigenvalue weighted by Gasteiger charge is -2.35. The van der Waals surface area contributed by atoms with Crippen molar-refractivity contribution >= 4 is 0 Å². The van der Waals surface area contributed by atoms with Crippen molar-refractivity contribution in [2.75, 3.05) is 13.2 Å². The monoisotopic (exact) mass is 214 g/mol. The fraction of sp³-hybridized carbons (Fsp3) is 1.00. The van der Waals surface area contributed by atoms with Crippen molar-refractivity contribution < 1.29 is 5.11 Å². The molecule has 0 spiro atoms. The highest BCUT2D eigenvalue weighted by molar-refractivity contribution is 4.93. The van der Waals surface area contributed by atoms with Gasteiger partial charge >= 0.3 is 0 Å². The van der Waals surface area contributed by atoms with Gasteiger partial charge in [-0.3, -0.25) is 0 Å². The molecular formula is C12H26N2O. The van der Waals surface area contributed by atoms with Gasteiger partial charge in [-0.2, -0.15) is 0 Å². The molecule has 15 heavy (non-hydrogen) atoms. The average Bonchev–Trinajstić information content (AvgIpc) is 3.00. The molecule has 3 atom stereocenters. The summed E-state index contributed by atoms with van der Waals surface area (Å²) in [4.78, 5) is 0. The topological polar surface area (TPSA) is 58.3 Å². The Labute approximate surface area is 93.4 Å². The molecule has 0 aromatic carbocycles. The number of hydrogen-bond donors (Lipinski definition) is 3. The maximum Gasteiger partial charge on any atom is 0.0471 e. The zero-order valence-electron chi connectivity index (χ0n) is 10.3. The third-order valence-electron chi connectivity index (χ3n) is 3.60. The minimum Gasteiger partial charge on any atom is -0.396 e. The summed E-state index contributed by atoms with van der Waals surface area (Å²) in [5.74, 6) is 1.16. The predicted molar refractivity (Wildman–Crippen MR) is 63.6 cm³/mol. The Balaban J connectivity index is 2.42. The lowest BCUT2D eigenvalue weighted by atomic mass is 9.91. The third kappa shape index (κ3) is 4.09. The summed E-state index contributed by atoms with van der Waals surface area (Å²) >= 11 is 0. The molecule has 3 nitrogen and oxygen atoms in total. The van der Waals surface area contributed by atoms with Crippen LogP contribution in [0.15, 0.2) is 0 Å². The quantitative estimate of drug-likeness (QED) is 0.595. The average molecular weight is 214 g/mol. The molecule has 0 saturated heterocycles. The van der Waals surface area contributed by atoms with E-state index in [-0.39, 0.29) is 18.1 Å². The van der Waals surface area contributed by atoms with E-state index in [1.165, 1.54) is 19.3 Å². The van der Waals surface area contributed by atoms with Crippen LogP contribution in [-0.4, -0.2) is 29.8 Å². The van der Waals surface area contributed by atoms with Gasteiger partial charge in [0.1, 0.15) is 0 Å². The van der Waals surface area contributed by atoms with E-state index < -0.39 is 0 Å². The Hall–Kier alpha value is -0.120. The molecule has 0 radical (unpaired) electrons. The van der Waals surface area contributed by atoms with E-state index >= 15 is 0 Å². The first-order valence-electron chi connectivity index (χ1n) is 6.09. The summed E-state index contributed by atoms with van der Waals surface area (Å²) in [6, 6.07) is 0.322. The smallest absolute Gasteiger partial charge is 0.0471 e. The molecule has 4 N–H and O–H groups in total. The fourth-order valence-electron chi connectivity index (χ4n) is 2.01. The van der Waals surface area contributed by atoms with Crippen LogP contribution >= 0.6 is 0 Å². The molecular weight excluding hydrogens is 188 g/mol. The Morgan fingerprint density at radius 3 is 2.47 bits per heavy atom. The van der Waals surface area contributed by atoms with Crippen molar-refractivity contribution in [1.82, 2.24) is 5.32 Å². The van der Waals surface area contributed by atoms with Crippen LogP contribution in [0, 0.1) is 11.8 Å². The molecule has 1 aliphatic rings. The van der Waals surface area contributed by atoms with Crippen molar-refractivity contribution in [3.63, 3.8) is 0 Å². The second-order valence-corrected chi connectivity index (χ2v) is 5.51. The second-order valence-electron chi connectivity index (χ2n) is 5.51. The van der Waals surface area contributed by atoms with Crippen LogP contribution in [-0.2, 0) is 0 Å². The molecule has 3 heteroatoms. The Morgan fingerprint density at radius 1 is 1.47 bits per heavy atom. The van der Waals surface area contributed by atoms with E-state index in [0.29, 0.717) is 12.6 Å². The van der Waals surface area contributed by atoms with Crippen molar-refractivity contribution in [3.05, 3.63) is 0 Å². The van der Waals surface area contributed by atoms with Gasteiger partial charge in [0.2, 0.25) is 0 Å². The van der Waals surface area contributed by atoms with Crippen LogP contribution in [0.5, 0.6) is 0 Å². The maximum atomic E-state index is 9.10. The number of aliphatic hydroxyl groups excluding tert-OH is 1. The molecule has 0 aromatic heterocycles. The van der Waals surface area contributed by atoms with Crippen LogP contribution in [0.25, 0.3) is 0 Å². The third-order valence-corrected chi connectivity index (χ3v) is 3.60. The number of hydrogen-bond acceptors (Lipinski definition) is 3. The molecule has 1 saturated carbocycles. The predicted octanol–water partition coefficient (Wildman–Crippen LogP) is 1.11. The van der Waals surface area contributed by atoms with Crippen LogP contribution in [0.4, 0.5) is 0 Å². The fourth-order valence-corrected chi connectivity index (χ4v) is 2.01. The van der Waals surface area contributed by atoms with Crippen molar-refractivity contribution in [2.24, 2.45) is 17.6 Å². The first kappa shape index (κ1) is 12.9. The number of nitrogens with two attached hydrogens (primary N) is 1. The van der Waals surface area contributed by atoms with Crippen LogP contribution < -0.4 is 11.1 Å². The zero-order valence-corrected chi connectivity index (χ0v) is 10.3. The van der Waals surface area contributed by atoms with E-state index in [2.05, 4.69) is 26.1 Å². The number of aliphatic hydroxyl groups is 1. The van der Waals surface area contributed by atoms with Crippen LogP contribution in [0.1, 0.15) is 40.0 Å². The van der Waals surface area contributed by atoms with Gasteiger partial charge in [-0.25, -0.2) is 0 Å². The molecule has 1 aliphatic carbocycles. The van der Waals surface area contributed by atoms with Gasteiger partial charge in [-0.15, -0.1) is 0 Å². The van der Waals surface area contributed by atoms with Gasteiger partial charge in [0, 0.05) is 24.7 Å². The van der Waals surface area contributed by atoms with Gasteiger partial charge in [-0.05, 0) is 32.1 Å². The van der Waals surface area contributed by atoms with Gasteiger partial charge in [-0.1, -0.05) is 19.8 Å². The molecule has 0 heterocycles. The van der Waals surface area contributed by atoms with Crippen molar-refractivity contribution in [1.29, 1.82) is 0 Å². The van der Waals surface area contributed by atoms with E-state index in [9.17, 15) is 0 Å². The molecule has 3 unspecified atom stereocenters. The Kier molecular flexibility index (Phi) is 4.56.